The van der Waals surface area contributed by atoms with E-state index in [1.165, 1.54) is 51.4 Å². The summed E-state index contributed by atoms with van der Waals surface area (Å²) >= 11 is 0. The Morgan fingerprint density at radius 3 is 1.00 bits per heavy atom. The second-order valence-electron chi connectivity index (χ2n) is 6.06. The van der Waals surface area contributed by atoms with Gasteiger partial charge in [-0.05, 0) is 12.8 Å². The molecule has 2 nitrogen and oxygen atoms in total. The van der Waals surface area contributed by atoms with Crippen LogP contribution in [0.25, 0.3) is 0 Å². The molecule has 2 heterocycles. The second kappa shape index (κ2) is 16.2. The van der Waals surface area contributed by atoms with Crippen LogP contribution < -0.4 is 57.1 Å². The summed E-state index contributed by atoms with van der Waals surface area (Å²) in [6.07, 6.45) is 19.5. The first-order chi connectivity index (χ1) is 10.9. The molecule has 134 valence electrons. The lowest BCUT2D eigenvalue weighted by molar-refractivity contribution is -0.697. The molecule has 0 bridgehead atoms. The average Bonchev–Trinajstić information content (AvgIpc) is 2.58. The number of rotatable bonds is 11. The maximum absolute atomic E-state index is 2.28. The van der Waals surface area contributed by atoms with Gasteiger partial charge in [0.05, 0.1) is 0 Å². The van der Waals surface area contributed by atoms with Crippen LogP contribution in [0.2, 0.25) is 0 Å². The topological polar surface area (TPSA) is 7.76 Å². The fraction of sp³-hybridized carbons (Fsp3) is 0.500. The molecular weight excluding hydrogens is 522 g/mol. The highest BCUT2D eigenvalue weighted by atomic mass is 127. The first-order valence-corrected chi connectivity index (χ1v) is 8.83. The zero-order valence-electron chi connectivity index (χ0n) is 14.5. The normalized spacial score (nSPS) is 9.83. The Hall–Kier alpha value is -0.240. The molecule has 0 saturated heterocycles. The van der Waals surface area contributed by atoms with Crippen molar-refractivity contribution >= 4 is 0 Å². The molecule has 2 aromatic rings. The van der Waals surface area contributed by atoms with Crippen LogP contribution in [-0.4, -0.2) is 0 Å². The Labute approximate surface area is 181 Å². The third-order valence-corrected chi connectivity index (χ3v) is 4.14. The van der Waals surface area contributed by atoms with Crippen molar-refractivity contribution in [2.24, 2.45) is 0 Å². The van der Waals surface area contributed by atoms with Gasteiger partial charge in [-0.2, -0.15) is 0 Å². The third kappa shape index (κ3) is 11.3. The molecule has 0 aromatic carbocycles. The van der Waals surface area contributed by atoms with Gasteiger partial charge in [0.2, 0.25) is 0 Å². The highest BCUT2D eigenvalue weighted by Gasteiger charge is 1.99. The zero-order valence-corrected chi connectivity index (χ0v) is 18.8. The first-order valence-electron chi connectivity index (χ1n) is 8.83. The van der Waals surface area contributed by atoms with Crippen LogP contribution in [0.1, 0.15) is 51.4 Å². The lowest BCUT2D eigenvalue weighted by Crippen LogP contribution is -3.00. The van der Waals surface area contributed by atoms with Crippen molar-refractivity contribution in [1.82, 2.24) is 0 Å². The van der Waals surface area contributed by atoms with Gasteiger partial charge in [-0.1, -0.05) is 37.8 Å². The Bertz CT molecular complexity index is 444. The van der Waals surface area contributed by atoms with Gasteiger partial charge in [-0.25, -0.2) is 9.13 Å². The molecule has 0 amide bonds. The molecule has 0 aliphatic rings. The van der Waals surface area contributed by atoms with Gasteiger partial charge in [-0.15, -0.1) is 0 Å². The number of nitrogens with zero attached hydrogens (tertiary/aromatic N) is 2. The molecule has 24 heavy (non-hydrogen) atoms. The minimum Gasteiger partial charge on any atom is -1.00 e. The predicted octanol–water partition coefficient (Wildman–Crippen LogP) is -1.91. The van der Waals surface area contributed by atoms with Crippen LogP contribution in [0.3, 0.4) is 0 Å². The zero-order chi connectivity index (χ0) is 15.3. The van der Waals surface area contributed by atoms with Gasteiger partial charge in [0.25, 0.3) is 0 Å². The van der Waals surface area contributed by atoms with E-state index in [1.807, 2.05) is 0 Å². The monoisotopic (exact) mass is 552 g/mol. The molecule has 2 aromatic heterocycles. The van der Waals surface area contributed by atoms with Gasteiger partial charge in [0.1, 0.15) is 13.1 Å². The van der Waals surface area contributed by atoms with E-state index in [1.54, 1.807) is 0 Å². The highest BCUT2D eigenvalue weighted by Crippen LogP contribution is 2.08. The summed E-state index contributed by atoms with van der Waals surface area (Å²) in [6, 6.07) is 12.6. The van der Waals surface area contributed by atoms with Crippen molar-refractivity contribution in [2.75, 3.05) is 0 Å². The first kappa shape index (κ1) is 23.8. The van der Waals surface area contributed by atoms with Crippen LogP contribution in [0.5, 0.6) is 0 Å². The molecule has 4 heteroatoms. The van der Waals surface area contributed by atoms with E-state index in [9.17, 15) is 0 Å². The molecule has 0 saturated carbocycles. The van der Waals surface area contributed by atoms with Crippen molar-refractivity contribution in [3.05, 3.63) is 61.2 Å². The van der Waals surface area contributed by atoms with Crippen molar-refractivity contribution in [3.8, 4) is 0 Å². The summed E-state index contributed by atoms with van der Waals surface area (Å²) in [5, 5.41) is 0. The van der Waals surface area contributed by atoms with Crippen LogP contribution >= 0.6 is 0 Å². The Balaban J connectivity index is 0.00000264. The van der Waals surface area contributed by atoms with Crippen molar-refractivity contribution in [2.45, 2.75) is 64.5 Å². The Kier molecular flexibility index (Phi) is 16.1. The number of pyridine rings is 2. The van der Waals surface area contributed by atoms with Crippen LogP contribution in [0.15, 0.2) is 61.2 Å². The Morgan fingerprint density at radius 1 is 0.375 bits per heavy atom. The average molecular weight is 552 g/mol. The molecule has 0 radical (unpaired) electrons. The smallest absolute Gasteiger partial charge is 0.168 e. The lowest BCUT2D eigenvalue weighted by atomic mass is 10.1. The molecular formula is C20H30I2N2. The molecule has 0 aliphatic carbocycles. The highest BCUT2D eigenvalue weighted by molar-refractivity contribution is 4.84. The third-order valence-electron chi connectivity index (χ3n) is 4.14. The minimum atomic E-state index is 0. The predicted molar refractivity (Wildman–Crippen MR) is 90.2 cm³/mol. The van der Waals surface area contributed by atoms with Crippen molar-refractivity contribution in [3.63, 3.8) is 0 Å². The summed E-state index contributed by atoms with van der Waals surface area (Å²) in [4.78, 5) is 0. The van der Waals surface area contributed by atoms with E-state index < -0.39 is 0 Å². The van der Waals surface area contributed by atoms with Crippen LogP contribution in [-0.2, 0) is 13.1 Å². The van der Waals surface area contributed by atoms with Gasteiger partial charge >= 0.3 is 0 Å². The largest absolute Gasteiger partial charge is 1.00 e. The van der Waals surface area contributed by atoms with Gasteiger partial charge < -0.3 is 48.0 Å². The van der Waals surface area contributed by atoms with Gasteiger partial charge in [0.15, 0.2) is 24.8 Å². The molecule has 0 atom stereocenters. The van der Waals surface area contributed by atoms with E-state index in [-0.39, 0.29) is 48.0 Å². The quantitative estimate of drug-likeness (QED) is 0.175. The molecule has 0 spiro atoms. The van der Waals surface area contributed by atoms with Gasteiger partial charge in [0, 0.05) is 37.1 Å². The summed E-state index contributed by atoms with van der Waals surface area (Å²) in [5.74, 6) is 0. The number of aryl methyl sites for hydroxylation is 2. The SMILES string of the molecule is [I-].[I-].c1cc[n+](CCCCCCCCCC[n+]2ccccc2)cc1. The number of hydrogen-bond donors (Lipinski definition) is 0. The summed E-state index contributed by atoms with van der Waals surface area (Å²) in [5.41, 5.74) is 0. The van der Waals surface area contributed by atoms with E-state index in [0.717, 1.165) is 13.1 Å². The summed E-state index contributed by atoms with van der Waals surface area (Å²) in [6.45, 7) is 2.32. The maximum atomic E-state index is 2.28. The van der Waals surface area contributed by atoms with E-state index in [0.29, 0.717) is 0 Å². The van der Waals surface area contributed by atoms with Crippen molar-refractivity contribution in [1.29, 1.82) is 0 Å². The fourth-order valence-electron chi connectivity index (χ4n) is 2.82. The molecule has 0 unspecified atom stereocenters. The van der Waals surface area contributed by atoms with E-state index >= 15 is 0 Å². The van der Waals surface area contributed by atoms with Gasteiger partial charge in [-0.3, -0.25) is 0 Å². The minimum absolute atomic E-state index is 0. The lowest BCUT2D eigenvalue weighted by Gasteiger charge is -2.01. The number of unbranched alkanes of at least 4 members (excludes halogenated alkanes) is 7. The standard InChI is InChI=1S/C20H30N2.2HI/c1(3-5-9-15-21-17-11-7-12-18-21)2-4-6-10-16-22-19-13-8-14-20-22;;/h7-8,11-14,17-20H,1-6,9-10,15-16H2;2*1H/q+2;;/p-2. The number of hydrogen-bond acceptors (Lipinski definition) is 0. The Morgan fingerprint density at radius 2 is 0.667 bits per heavy atom. The molecule has 0 N–H and O–H groups in total. The number of halogens is 2. The van der Waals surface area contributed by atoms with Crippen LogP contribution in [0, 0.1) is 0 Å². The van der Waals surface area contributed by atoms with Crippen molar-refractivity contribution < 1.29 is 57.1 Å². The summed E-state index contributed by atoms with van der Waals surface area (Å²) < 4.78 is 4.56. The van der Waals surface area contributed by atoms with E-state index in [4.69, 9.17) is 0 Å². The van der Waals surface area contributed by atoms with E-state index in [2.05, 4.69) is 70.3 Å². The number of aromatic nitrogens is 2. The summed E-state index contributed by atoms with van der Waals surface area (Å²) in [7, 11) is 0. The molecule has 2 rings (SSSR count). The fourth-order valence-corrected chi connectivity index (χ4v) is 2.82. The molecule has 0 fully saturated rings. The second-order valence-corrected chi connectivity index (χ2v) is 6.06. The van der Waals surface area contributed by atoms with Crippen LogP contribution in [0.4, 0.5) is 0 Å². The maximum Gasteiger partial charge on any atom is 0.168 e. The molecule has 0 aliphatic heterocycles.